The Balaban J connectivity index is 1.16. The lowest BCUT2D eigenvalue weighted by Crippen LogP contribution is -2.45. The number of pyridine rings is 1. The Morgan fingerprint density at radius 3 is 2.49 bits per heavy atom. The lowest BCUT2D eigenvalue weighted by Gasteiger charge is -2.33. The van der Waals surface area contributed by atoms with Crippen molar-refractivity contribution in [3.63, 3.8) is 0 Å². The highest BCUT2D eigenvalue weighted by molar-refractivity contribution is 6.33. The molecule has 2 bridgehead atoms. The van der Waals surface area contributed by atoms with E-state index in [1.54, 1.807) is 37.7 Å². The number of benzene rings is 2. The summed E-state index contributed by atoms with van der Waals surface area (Å²) in [6, 6.07) is 17.5. The number of carbonyl (C=O) groups excluding carboxylic acids is 1. The van der Waals surface area contributed by atoms with Gasteiger partial charge in [0.25, 0.3) is 11.5 Å². The molecule has 2 aliphatic rings. The number of nitrogens with zero attached hydrogens (tertiary/aromatic N) is 5. The number of anilines is 2. The number of piperazine rings is 1. The SMILES string of the molecule is COc1ccc(-c2ccc(C(=O)Nc3cccc(Cn4ncc(N5C[C@H]6C[C@H]5CN6C)c(Cl)c4=O)c3C)cc2)cn1. The molecule has 0 radical (unpaired) electrons. The first-order chi connectivity index (χ1) is 19.8. The second-order valence-electron chi connectivity index (χ2n) is 10.7. The summed E-state index contributed by atoms with van der Waals surface area (Å²) in [6.07, 6.45) is 4.52. The summed E-state index contributed by atoms with van der Waals surface area (Å²) in [5.74, 6) is 0.322. The molecular formula is C31H31ClN6O3. The normalized spacial score (nSPS) is 18.1. The van der Waals surface area contributed by atoms with Crippen molar-refractivity contribution in [2.75, 3.05) is 37.5 Å². The Hall–Kier alpha value is -4.21. The van der Waals surface area contributed by atoms with Gasteiger partial charge in [-0.05, 0) is 61.3 Å². The predicted molar refractivity (Wildman–Crippen MR) is 160 cm³/mol. The van der Waals surface area contributed by atoms with Crippen LogP contribution in [0.15, 0.2) is 71.8 Å². The molecular weight excluding hydrogens is 540 g/mol. The maximum absolute atomic E-state index is 13.2. The number of aromatic nitrogens is 3. The van der Waals surface area contributed by atoms with Crippen LogP contribution >= 0.6 is 11.6 Å². The van der Waals surface area contributed by atoms with Gasteiger partial charge in [-0.1, -0.05) is 35.9 Å². The number of methoxy groups -OCH3 is 1. The number of nitrogens with one attached hydrogen (secondary N) is 1. The molecule has 2 saturated heterocycles. The molecule has 210 valence electrons. The first-order valence-electron chi connectivity index (χ1n) is 13.5. The van der Waals surface area contributed by atoms with Crippen molar-refractivity contribution in [2.24, 2.45) is 0 Å². The third kappa shape index (κ3) is 5.18. The van der Waals surface area contributed by atoms with E-state index < -0.39 is 0 Å². The van der Waals surface area contributed by atoms with Crippen LogP contribution in [0.2, 0.25) is 5.02 Å². The van der Waals surface area contributed by atoms with Gasteiger partial charge < -0.3 is 15.0 Å². The molecule has 10 heteroatoms. The fraction of sp³-hybridized carbons (Fsp3) is 0.290. The second kappa shape index (κ2) is 11.0. The molecule has 1 N–H and O–H groups in total. The molecule has 0 spiro atoms. The van der Waals surface area contributed by atoms with Gasteiger partial charge in [-0.3, -0.25) is 14.5 Å². The Bertz CT molecular complexity index is 1650. The average Bonchev–Trinajstić information content (AvgIpc) is 3.57. The average molecular weight is 571 g/mol. The highest BCUT2D eigenvalue weighted by Gasteiger charge is 2.42. The molecule has 0 saturated carbocycles. The number of amides is 1. The van der Waals surface area contributed by atoms with Gasteiger partial charge in [-0.2, -0.15) is 5.10 Å². The van der Waals surface area contributed by atoms with E-state index >= 15 is 0 Å². The summed E-state index contributed by atoms with van der Waals surface area (Å²) in [5.41, 5.74) is 5.19. The number of hydrogen-bond donors (Lipinski definition) is 1. The van der Waals surface area contributed by atoms with Gasteiger partial charge in [0, 0.05) is 54.3 Å². The molecule has 0 aliphatic carbocycles. The standard InChI is InChI=1S/C31H31ClN6O3/c1-19-23(16-38-31(40)29(32)27(15-34-38)37-18-24-13-25(37)17-36(24)2)5-4-6-26(19)35-30(39)21-9-7-20(8-10-21)22-11-12-28(41-3)33-14-22/h4-12,14-15,24-25H,13,16-18H2,1-3H3,(H,35,39)/t24-,25+/m1/s1. The summed E-state index contributed by atoms with van der Waals surface area (Å²) in [6.45, 7) is 3.98. The van der Waals surface area contributed by atoms with Crippen LogP contribution in [0, 0.1) is 6.92 Å². The predicted octanol–water partition coefficient (Wildman–Crippen LogP) is 4.47. The molecule has 2 atom stereocenters. The summed E-state index contributed by atoms with van der Waals surface area (Å²) < 4.78 is 6.50. The van der Waals surface area contributed by atoms with Crippen molar-refractivity contribution in [2.45, 2.75) is 32.0 Å². The third-order valence-electron chi connectivity index (χ3n) is 8.23. The van der Waals surface area contributed by atoms with Gasteiger partial charge >= 0.3 is 0 Å². The Morgan fingerprint density at radius 1 is 1.05 bits per heavy atom. The van der Waals surface area contributed by atoms with E-state index in [1.807, 2.05) is 43.3 Å². The van der Waals surface area contributed by atoms with Gasteiger partial charge in [-0.25, -0.2) is 9.67 Å². The van der Waals surface area contributed by atoms with Crippen molar-refractivity contribution < 1.29 is 9.53 Å². The van der Waals surface area contributed by atoms with E-state index in [-0.39, 0.29) is 23.0 Å². The van der Waals surface area contributed by atoms with Gasteiger partial charge in [0.05, 0.1) is 25.5 Å². The first kappa shape index (κ1) is 27.0. The summed E-state index contributed by atoms with van der Waals surface area (Å²) >= 11 is 6.60. The lowest BCUT2D eigenvalue weighted by molar-refractivity contribution is 0.102. The fourth-order valence-electron chi connectivity index (χ4n) is 5.76. The van der Waals surface area contributed by atoms with E-state index in [0.717, 1.165) is 41.8 Å². The molecule has 2 aliphatic heterocycles. The highest BCUT2D eigenvalue weighted by Crippen LogP contribution is 2.35. The minimum atomic E-state index is -0.318. The number of likely N-dealkylation sites (tertiary alicyclic amines) is 1. The smallest absolute Gasteiger partial charge is 0.287 e. The zero-order valence-corrected chi connectivity index (χ0v) is 23.9. The van der Waals surface area contributed by atoms with Crippen LogP contribution in [0.3, 0.4) is 0 Å². The fourth-order valence-corrected chi connectivity index (χ4v) is 6.02. The van der Waals surface area contributed by atoms with Crippen LogP contribution in [0.4, 0.5) is 11.4 Å². The molecule has 4 aromatic rings. The molecule has 2 aromatic carbocycles. The summed E-state index contributed by atoms with van der Waals surface area (Å²) in [5, 5.41) is 7.68. The van der Waals surface area contributed by atoms with E-state index in [9.17, 15) is 9.59 Å². The zero-order chi connectivity index (χ0) is 28.7. The van der Waals surface area contributed by atoms with E-state index in [1.165, 1.54) is 4.68 Å². The van der Waals surface area contributed by atoms with E-state index in [2.05, 4.69) is 32.2 Å². The Kier molecular flexibility index (Phi) is 7.23. The molecule has 2 fully saturated rings. The van der Waals surface area contributed by atoms with Crippen molar-refractivity contribution in [1.82, 2.24) is 19.7 Å². The Labute approximate surface area is 243 Å². The number of halogens is 1. The van der Waals surface area contributed by atoms with Gasteiger partial charge in [0.1, 0.15) is 5.02 Å². The number of ether oxygens (including phenoxy) is 1. The van der Waals surface area contributed by atoms with Crippen molar-refractivity contribution in [3.05, 3.63) is 99.1 Å². The lowest BCUT2D eigenvalue weighted by atomic mass is 10.0. The molecule has 1 amide bonds. The number of fused-ring (bicyclic) bond motifs is 2. The van der Waals surface area contributed by atoms with Gasteiger partial charge in [0.2, 0.25) is 5.88 Å². The van der Waals surface area contributed by atoms with Crippen LogP contribution in [-0.4, -0.2) is 64.9 Å². The maximum Gasteiger partial charge on any atom is 0.287 e. The number of carbonyl (C=O) groups is 1. The third-order valence-corrected chi connectivity index (χ3v) is 8.59. The first-order valence-corrected chi connectivity index (χ1v) is 13.9. The largest absolute Gasteiger partial charge is 0.481 e. The minimum Gasteiger partial charge on any atom is -0.481 e. The Morgan fingerprint density at radius 2 is 1.83 bits per heavy atom. The maximum atomic E-state index is 13.2. The van der Waals surface area contributed by atoms with Gasteiger partial charge in [-0.15, -0.1) is 0 Å². The highest BCUT2D eigenvalue weighted by atomic mass is 35.5. The molecule has 2 aromatic heterocycles. The molecule has 9 nitrogen and oxygen atoms in total. The molecule has 6 rings (SSSR count). The van der Waals surface area contributed by atoms with Gasteiger partial charge in [0.15, 0.2) is 0 Å². The van der Waals surface area contributed by atoms with Crippen LogP contribution in [0.25, 0.3) is 11.1 Å². The second-order valence-corrected chi connectivity index (χ2v) is 11.0. The number of hydrogen-bond acceptors (Lipinski definition) is 7. The van der Waals surface area contributed by atoms with Crippen LogP contribution < -0.4 is 20.5 Å². The van der Waals surface area contributed by atoms with Crippen LogP contribution in [0.5, 0.6) is 5.88 Å². The summed E-state index contributed by atoms with van der Waals surface area (Å²) in [7, 11) is 3.71. The monoisotopic (exact) mass is 570 g/mol. The zero-order valence-electron chi connectivity index (χ0n) is 23.2. The van der Waals surface area contributed by atoms with Crippen LogP contribution in [0.1, 0.15) is 27.9 Å². The van der Waals surface area contributed by atoms with Crippen molar-refractivity contribution in [1.29, 1.82) is 0 Å². The topological polar surface area (TPSA) is 92.6 Å². The minimum absolute atomic E-state index is 0.200. The quantitative estimate of drug-likeness (QED) is 0.350. The summed E-state index contributed by atoms with van der Waals surface area (Å²) in [4.78, 5) is 35.1. The molecule has 41 heavy (non-hydrogen) atoms. The van der Waals surface area contributed by atoms with Crippen molar-refractivity contribution in [3.8, 4) is 17.0 Å². The molecule has 4 heterocycles. The molecule has 0 unspecified atom stereocenters. The van der Waals surface area contributed by atoms with Crippen molar-refractivity contribution >= 4 is 28.9 Å². The van der Waals surface area contributed by atoms with E-state index in [4.69, 9.17) is 16.3 Å². The number of likely N-dealkylation sites (N-methyl/N-ethyl adjacent to an activating group) is 1. The van der Waals surface area contributed by atoms with E-state index in [0.29, 0.717) is 34.9 Å². The number of rotatable bonds is 7. The van der Waals surface area contributed by atoms with Crippen LogP contribution in [-0.2, 0) is 6.54 Å².